The summed E-state index contributed by atoms with van der Waals surface area (Å²) < 4.78 is 22.3. The molecule has 2 atom stereocenters. The summed E-state index contributed by atoms with van der Waals surface area (Å²) in [7, 11) is 1.22. The van der Waals surface area contributed by atoms with E-state index in [2.05, 4.69) is 15.5 Å². The van der Waals surface area contributed by atoms with E-state index in [0.29, 0.717) is 22.3 Å². The number of azo groups is 1. The molecule has 0 aliphatic rings. The Balaban J connectivity index is 2.03. The van der Waals surface area contributed by atoms with E-state index in [4.69, 9.17) is 14.8 Å². The number of hydrogen-bond donors (Lipinski definition) is 4. The van der Waals surface area contributed by atoms with Crippen LogP contribution in [0.25, 0.3) is 0 Å². The lowest BCUT2D eigenvalue weighted by Gasteiger charge is -2.27. The molecule has 5 N–H and O–H groups in total. The van der Waals surface area contributed by atoms with Gasteiger partial charge in [-0.2, -0.15) is 5.11 Å². The number of quaternary nitrogens is 1. The molecule has 0 bridgehead atoms. The maximum Gasteiger partial charge on any atom is 0.321 e. The van der Waals surface area contributed by atoms with Crippen LogP contribution in [-0.4, -0.2) is 67.7 Å². The predicted molar refractivity (Wildman–Crippen MR) is 123 cm³/mol. The molecule has 0 saturated carbocycles. The minimum atomic E-state index is -4.52. The van der Waals surface area contributed by atoms with Gasteiger partial charge in [0, 0.05) is 6.67 Å². The highest BCUT2D eigenvalue weighted by Crippen LogP contribution is 2.40. The molecule has 0 spiro atoms. The predicted octanol–water partition coefficient (Wildman–Crippen LogP) is 1.88. The summed E-state index contributed by atoms with van der Waals surface area (Å²) in [5, 5.41) is 30.0. The lowest BCUT2D eigenvalue weighted by Crippen LogP contribution is -2.41. The molecule has 0 heterocycles. The standard InChI is InChI=1S/C21H30N5O7P/c1-26(2,3)10-11-32-34(30,31)33-17-7-5-16(6-8-17)24-25-18-12-15(4-9-20(18)27)13-19(21(28)29)23-14-22/h4-9,12,19,23H,10-11,13-14,22H2,1-3H3,(H2-,24,27,28,29,30,31). The zero-order valence-corrected chi connectivity index (χ0v) is 20.1. The van der Waals surface area contributed by atoms with E-state index in [-0.39, 0.29) is 36.9 Å². The van der Waals surface area contributed by atoms with Gasteiger partial charge in [-0.25, -0.2) is 0 Å². The molecule has 2 unspecified atom stereocenters. The fraction of sp³-hybridized carbons (Fsp3) is 0.381. The number of aliphatic carboxylic acids is 1. The summed E-state index contributed by atoms with van der Waals surface area (Å²) in [5.41, 5.74) is 6.50. The highest BCUT2D eigenvalue weighted by molar-refractivity contribution is 7.46. The van der Waals surface area contributed by atoms with Gasteiger partial charge in [0.05, 0.1) is 26.8 Å². The topological polar surface area (TPSA) is 179 Å². The third-order valence-corrected chi connectivity index (χ3v) is 5.41. The highest BCUT2D eigenvalue weighted by Gasteiger charge is 2.17. The first-order valence-electron chi connectivity index (χ1n) is 10.3. The lowest BCUT2D eigenvalue weighted by atomic mass is 10.1. The molecule has 0 aliphatic carbocycles. The number of aromatic hydroxyl groups is 1. The number of rotatable bonds is 13. The Labute approximate surface area is 197 Å². The van der Waals surface area contributed by atoms with Crippen molar-refractivity contribution in [2.75, 3.05) is 41.0 Å². The van der Waals surface area contributed by atoms with Gasteiger partial charge in [-0.05, 0) is 48.4 Å². The van der Waals surface area contributed by atoms with Gasteiger partial charge in [-0.1, -0.05) is 6.07 Å². The zero-order valence-electron chi connectivity index (χ0n) is 19.2. The first kappa shape index (κ1) is 27.4. The summed E-state index contributed by atoms with van der Waals surface area (Å²) in [5.74, 6) is -1.13. The van der Waals surface area contributed by atoms with Crippen molar-refractivity contribution in [1.82, 2.24) is 5.32 Å². The van der Waals surface area contributed by atoms with Crippen LogP contribution in [0.4, 0.5) is 11.4 Å². The number of likely N-dealkylation sites (N-methyl/N-ethyl adjacent to an activating group) is 1. The van der Waals surface area contributed by atoms with Crippen LogP contribution in [0.1, 0.15) is 5.56 Å². The van der Waals surface area contributed by atoms with E-state index in [9.17, 15) is 24.5 Å². The smallest absolute Gasteiger partial charge is 0.321 e. The maximum atomic E-state index is 12.0. The van der Waals surface area contributed by atoms with E-state index < -0.39 is 19.8 Å². The second kappa shape index (κ2) is 12.0. The second-order valence-electron chi connectivity index (χ2n) is 8.41. The monoisotopic (exact) mass is 495 g/mol. The molecule has 0 radical (unpaired) electrons. The van der Waals surface area contributed by atoms with Crippen molar-refractivity contribution in [2.24, 2.45) is 16.0 Å². The van der Waals surface area contributed by atoms with Crippen LogP contribution in [0.2, 0.25) is 0 Å². The first-order chi connectivity index (χ1) is 15.9. The largest absolute Gasteiger partial charge is 0.746 e. The van der Waals surface area contributed by atoms with Crippen LogP contribution in [0.3, 0.4) is 0 Å². The van der Waals surface area contributed by atoms with Gasteiger partial charge >= 0.3 is 13.8 Å². The van der Waals surface area contributed by atoms with E-state index in [1.807, 2.05) is 21.1 Å². The van der Waals surface area contributed by atoms with Crippen molar-refractivity contribution in [2.45, 2.75) is 12.5 Å². The molecule has 186 valence electrons. The quantitative estimate of drug-likeness (QED) is 0.140. The Morgan fingerprint density at radius 3 is 2.47 bits per heavy atom. The fourth-order valence-corrected chi connectivity index (χ4v) is 3.41. The summed E-state index contributed by atoms with van der Waals surface area (Å²) in [6, 6.07) is 9.37. The molecule has 13 heteroatoms. The van der Waals surface area contributed by atoms with E-state index in [1.165, 1.54) is 36.4 Å². The number of phosphoric ester groups is 1. The Morgan fingerprint density at radius 2 is 1.88 bits per heavy atom. The molecule has 0 aromatic heterocycles. The van der Waals surface area contributed by atoms with Crippen molar-refractivity contribution < 1.29 is 38.0 Å². The number of phenols is 1. The summed E-state index contributed by atoms with van der Waals surface area (Å²) >= 11 is 0. The van der Waals surface area contributed by atoms with Gasteiger partial charge in [0.25, 0.3) is 0 Å². The molecule has 0 fully saturated rings. The van der Waals surface area contributed by atoms with E-state index in [1.54, 1.807) is 6.07 Å². The third-order valence-electron chi connectivity index (χ3n) is 4.48. The van der Waals surface area contributed by atoms with Crippen molar-refractivity contribution >= 4 is 25.2 Å². The van der Waals surface area contributed by atoms with Crippen molar-refractivity contribution in [3.05, 3.63) is 48.0 Å². The van der Waals surface area contributed by atoms with Crippen LogP contribution in [-0.2, 0) is 20.3 Å². The fourth-order valence-electron chi connectivity index (χ4n) is 2.67. The Bertz CT molecular complexity index is 1040. The van der Waals surface area contributed by atoms with Crippen LogP contribution in [0, 0.1) is 0 Å². The number of nitrogens with zero attached hydrogens (tertiary/aromatic N) is 3. The number of benzene rings is 2. The van der Waals surface area contributed by atoms with E-state index >= 15 is 0 Å². The molecule has 0 saturated heterocycles. The molecule has 2 aromatic carbocycles. The van der Waals surface area contributed by atoms with Gasteiger partial charge in [0.15, 0.2) is 0 Å². The minimum Gasteiger partial charge on any atom is -0.746 e. The van der Waals surface area contributed by atoms with Crippen molar-refractivity contribution in [3.8, 4) is 11.5 Å². The van der Waals surface area contributed by atoms with Gasteiger partial charge in [0.1, 0.15) is 36.4 Å². The molecule has 2 aromatic rings. The number of nitrogens with one attached hydrogen (secondary N) is 1. The Morgan fingerprint density at radius 1 is 1.21 bits per heavy atom. The van der Waals surface area contributed by atoms with Crippen LogP contribution >= 0.6 is 7.82 Å². The second-order valence-corrected chi connectivity index (χ2v) is 9.74. The number of carboxylic acids is 1. The van der Waals surface area contributed by atoms with Gasteiger partial charge in [-0.15, -0.1) is 5.11 Å². The zero-order chi connectivity index (χ0) is 25.4. The summed E-state index contributed by atoms with van der Waals surface area (Å²) in [6.07, 6.45) is 0.132. The number of hydrogen-bond acceptors (Lipinski definition) is 10. The molecule has 2 rings (SSSR count). The molecular formula is C21H30N5O7P. The number of carboxylic acid groups (broad SMARTS) is 1. The average Bonchev–Trinajstić information content (AvgIpc) is 2.73. The van der Waals surface area contributed by atoms with Gasteiger partial charge in [0.2, 0.25) is 0 Å². The Kier molecular flexibility index (Phi) is 9.68. The van der Waals surface area contributed by atoms with Crippen LogP contribution in [0.5, 0.6) is 11.5 Å². The van der Waals surface area contributed by atoms with Crippen molar-refractivity contribution in [1.29, 1.82) is 0 Å². The van der Waals surface area contributed by atoms with Crippen LogP contribution < -0.4 is 20.5 Å². The summed E-state index contributed by atoms with van der Waals surface area (Å²) in [6.45, 7) is 0.490. The first-order valence-corrected chi connectivity index (χ1v) is 11.8. The molecule has 0 aliphatic heterocycles. The minimum absolute atomic E-state index is 0.00533. The SMILES string of the molecule is C[N+](C)(C)CCOP(=O)([O-])Oc1ccc(/N=N/c2cc(CC(NCN)C(=O)O)ccc2O)cc1. The number of phenolic OH excluding ortho intramolecular Hbond substituents is 1. The number of carbonyl (C=O) groups is 1. The van der Waals surface area contributed by atoms with Crippen LogP contribution in [0.15, 0.2) is 52.7 Å². The highest BCUT2D eigenvalue weighted by atomic mass is 31.2. The van der Waals surface area contributed by atoms with E-state index in [0.717, 1.165) is 0 Å². The molecule has 34 heavy (non-hydrogen) atoms. The summed E-state index contributed by atoms with van der Waals surface area (Å²) in [4.78, 5) is 23.3. The van der Waals surface area contributed by atoms with Gasteiger partial charge < -0.3 is 34.4 Å². The number of nitrogens with two attached hydrogens (primary N) is 1. The molecular weight excluding hydrogens is 465 g/mol. The number of phosphoric acid groups is 1. The molecule has 0 amide bonds. The maximum absolute atomic E-state index is 12.0. The normalized spacial score (nSPS) is 14.6. The van der Waals surface area contributed by atoms with Crippen molar-refractivity contribution in [3.63, 3.8) is 0 Å². The van der Waals surface area contributed by atoms with Gasteiger partial charge in [-0.3, -0.25) is 14.7 Å². The Hall–Kier alpha value is -2.86. The molecule has 12 nitrogen and oxygen atoms in total. The third kappa shape index (κ3) is 9.56. The average molecular weight is 495 g/mol. The lowest BCUT2D eigenvalue weighted by molar-refractivity contribution is -0.870.